The van der Waals surface area contributed by atoms with E-state index >= 15 is 0 Å². The van der Waals surface area contributed by atoms with Crippen LogP contribution in [0.1, 0.15) is 41.6 Å². The van der Waals surface area contributed by atoms with Gasteiger partial charge in [0.05, 0.1) is 17.4 Å². The molecule has 27 heavy (non-hydrogen) atoms. The first-order valence-corrected chi connectivity index (χ1v) is 9.66. The van der Waals surface area contributed by atoms with Gasteiger partial charge in [0.2, 0.25) is 11.8 Å². The third-order valence-corrected chi connectivity index (χ3v) is 5.59. The third kappa shape index (κ3) is 3.43. The van der Waals surface area contributed by atoms with Crippen molar-refractivity contribution in [3.63, 3.8) is 0 Å². The summed E-state index contributed by atoms with van der Waals surface area (Å²) in [7, 11) is 0. The maximum absolute atomic E-state index is 13.1. The van der Waals surface area contributed by atoms with Crippen molar-refractivity contribution in [3.05, 3.63) is 29.3 Å². The highest BCUT2D eigenvalue weighted by molar-refractivity contribution is 6.12. The van der Waals surface area contributed by atoms with Crippen LogP contribution in [0, 0.1) is 6.92 Å². The van der Waals surface area contributed by atoms with Crippen molar-refractivity contribution < 1.29 is 19.1 Å². The van der Waals surface area contributed by atoms with E-state index in [1.165, 1.54) is 4.90 Å². The maximum atomic E-state index is 13.1. The first-order chi connectivity index (χ1) is 13.0. The van der Waals surface area contributed by atoms with Gasteiger partial charge in [-0.2, -0.15) is 0 Å². The lowest BCUT2D eigenvalue weighted by atomic mass is 10.1. The highest BCUT2D eigenvalue weighted by atomic mass is 16.5. The van der Waals surface area contributed by atoms with Gasteiger partial charge in [0.1, 0.15) is 12.6 Å². The minimum Gasteiger partial charge on any atom is -0.376 e. The SMILES string of the molecule is Cc1ccc2c(c1)C(=O)N1CCCC1C(=O)N2CC(=O)NCC1CCCO1. The molecule has 2 fully saturated rings. The Morgan fingerprint density at radius 3 is 2.89 bits per heavy atom. The molecule has 0 bridgehead atoms. The van der Waals surface area contributed by atoms with Crippen LogP contribution < -0.4 is 10.2 Å². The molecule has 7 nitrogen and oxygen atoms in total. The summed E-state index contributed by atoms with van der Waals surface area (Å²) in [6.07, 6.45) is 3.46. The van der Waals surface area contributed by atoms with Crippen molar-refractivity contribution in [2.75, 3.05) is 31.1 Å². The quantitative estimate of drug-likeness (QED) is 0.864. The van der Waals surface area contributed by atoms with Gasteiger partial charge in [-0.15, -0.1) is 0 Å². The third-order valence-electron chi connectivity index (χ3n) is 5.59. The first-order valence-electron chi connectivity index (χ1n) is 9.66. The fraction of sp³-hybridized carbons (Fsp3) is 0.550. The minimum atomic E-state index is -0.476. The van der Waals surface area contributed by atoms with E-state index < -0.39 is 6.04 Å². The van der Waals surface area contributed by atoms with Gasteiger partial charge in [-0.25, -0.2) is 0 Å². The molecular weight excluding hydrogens is 346 g/mol. The molecule has 1 aromatic carbocycles. The molecule has 2 unspecified atom stereocenters. The number of rotatable bonds is 4. The number of amides is 3. The highest BCUT2D eigenvalue weighted by Gasteiger charge is 2.42. The van der Waals surface area contributed by atoms with Gasteiger partial charge in [0.15, 0.2) is 0 Å². The van der Waals surface area contributed by atoms with E-state index in [1.54, 1.807) is 11.0 Å². The van der Waals surface area contributed by atoms with Crippen molar-refractivity contribution in [2.24, 2.45) is 0 Å². The summed E-state index contributed by atoms with van der Waals surface area (Å²) in [5.74, 6) is -0.521. The van der Waals surface area contributed by atoms with Crippen LogP contribution in [-0.2, 0) is 14.3 Å². The van der Waals surface area contributed by atoms with E-state index in [1.807, 2.05) is 19.1 Å². The number of fused-ring (bicyclic) bond motifs is 2. The molecule has 144 valence electrons. The number of hydrogen-bond donors (Lipinski definition) is 1. The van der Waals surface area contributed by atoms with E-state index in [0.717, 1.165) is 31.4 Å². The Labute approximate surface area is 158 Å². The van der Waals surface area contributed by atoms with E-state index in [4.69, 9.17) is 4.74 Å². The fourth-order valence-electron chi connectivity index (χ4n) is 4.17. The molecule has 7 heteroatoms. The number of aryl methyl sites for hydroxylation is 1. The summed E-state index contributed by atoms with van der Waals surface area (Å²) in [6.45, 7) is 3.61. The molecule has 2 atom stereocenters. The van der Waals surface area contributed by atoms with E-state index in [-0.39, 0.29) is 30.4 Å². The lowest BCUT2D eigenvalue weighted by Gasteiger charge is -2.25. The molecule has 0 spiro atoms. The standard InChI is InChI=1S/C20H25N3O4/c1-13-6-7-16-15(10-13)19(25)22-8-2-5-17(22)20(26)23(16)12-18(24)21-11-14-4-3-9-27-14/h6-7,10,14,17H,2-5,8-9,11-12H2,1H3,(H,21,24). The van der Waals surface area contributed by atoms with Crippen LogP contribution in [0.15, 0.2) is 18.2 Å². The van der Waals surface area contributed by atoms with Crippen LogP contribution in [-0.4, -0.2) is 61.0 Å². The van der Waals surface area contributed by atoms with Crippen molar-refractivity contribution >= 4 is 23.4 Å². The van der Waals surface area contributed by atoms with Crippen LogP contribution >= 0.6 is 0 Å². The number of anilines is 1. The first kappa shape index (κ1) is 18.0. The van der Waals surface area contributed by atoms with Crippen molar-refractivity contribution in [2.45, 2.75) is 44.8 Å². The van der Waals surface area contributed by atoms with Gasteiger partial charge in [-0.3, -0.25) is 14.4 Å². The van der Waals surface area contributed by atoms with Crippen LogP contribution in [0.3, 0.4) is 0 Å². The fourth-order valence-corrected chi connectivity index (χ4v) is 4.17. The summed E-state index contributed by atoms with van der Waals surface area (Å²) >= 11 is 0. The molecule has 3 heterocycles. The second-order valence-electron chi connectivity index (χ2n) is 7.54. The average Bonchev–Trinajstić information content (AvgIpc) is 3.33. The Bertz CT molecular complexity index is 772. The van der Waals surface area contributed by atoms with Crippen LogP contribution in [0.2, 0.25) is 0 Å². The lowest BCUT2D eigenvalue weighted by Crippen LogP contribution is -2.48. The number of carbonyl (C=O) groups excluding carboxylic acids is 3. The van der Waals surface area contributed by atoms with Crippen LogP contribution in [0.5, 0.6) is 0 Å². The predicted octanol–water partition coefficient (Wildman–Crippen LogP) is 1.24. The Kier molecular flexibility index (Phi) is 4.86. The van der Waals surface area contributed by atoms with Crippen LogP contribution in [0.25, 0.3) is 0 Å². The molecule has 2 saturated heterocycles. The predicted molar refractivity (Wildman–Crippen MR) is 99.6 cm³/mol. The van der Waals surface area contributed by atoms with E-state index in [2.05, 4.69) is 5.32 Å². The second-order valence-corrected chi connectivity index (χ2v) is 7.54. The molecule has 0 saturated carbocycles. The molecule has 0 aliphatic carbocycles. The summed E-state index contributed by atoms with van der Waals surface area (Å²) < 4.78 is 5.53. The molecule has 4 rings (SSSR count). The molecule has 3 aliphatic rings. The Balaban J connectivity index is 1.57. The Hall–Kier alpha value is -2.41. The highest BCUT2D eigenvalue weighted by Crippen LogP contribution is 2.32. The normalized spacial score (nSPS) is 24.6. The number of hydrogen-bond acceptors (Lipinski definition) is 4. The number of nitrogens with one attached hydrogen (secondary N) is 1. The van der Waals surface area contributed by atoms with E-state index in [9.17, 15) is 14.4 Å². The summed E-state index contributed by atoms with van der Waals surface area (Å²) in [5, 5.41) is 2.87. The van der Waals surface area contributed by atoms with Gasteiger partial charge >= 0.3 is 0 Å². The summed E-state index contributed by atoms with van der Waals surface area (Å²) in [4.78, 5) is 41.8. The van der Waals surface area contributed by atoms with Gasteiger partial charge < -0.3 is 19.9 Å². The smallest absolute Gasteiger partial charge is 0.256 e. The molecule has 3 amide bonds. The second kappa shape index (κ2) is 7.31. The zero-order chi connectivity index (χ0) is 19.0. The van der Waals surface area contributed by atoms with Gasteiger partial charge in [0, 0.05) is 19.7 Å². The van der Waals surface area contributed by atoms with E-state index in [0.29, 0.717) is 30.8 Å². The molecule has 0 aromatic heterocycles. The Morgan fingerprint density at radius 1 is 1.26 bits per heavy atom. The number of ether oxygens (including phenoxy) is 1. The zero-order valence-corrected chi connectivity index (χ0v) is 15.6. The molecule has 0 radical (unpaired) electrons. The number of nitrogens with zero attached hydrogens (tertiary/aromatic N) is 2. The zero-order valence-electron chi connectivity index (χ0n) is 15.6. The number of carbonyl (C=O) groups is 3. The van der Waals surface area contributed by atoms with Gasteiger partial charge in [0.25, 0.3) is 5.91 Å². The van der Waals surface area contributed by atoms with Crippen LogP contribution in [0.4, 0.5) is 5.69 Å². The largest absolute Gasteiger partial charge is 0.376 e. The topological polar surface area (TPSA) is 79.0 Å². The number of benzene rings is 1. The van der Waals surface area contributed by atoms with Gasteiger partial charge in [-0.1, -0.05) is 11.6 Å². The summed E-state index contributed by atoms with van der Waals surface area (Å²) in [6, 6.07) is 4.97. The minimum absolute atomic E-state index is 0.0515. The molecular formula is C20H25N3O4. The van der Waals surface area contributed by atoms with Gasteiger partial charge in [-0.05, 0) is 44.7 Å². The molecule has 1 N–H and O–H groups in total. The molecule has 3 aliphatic heterocycles. The monoisotopic (exact) mass is 371 g/mol. The Morgan fingerprint density at radius 2 is 2.11 bits per heavy atom. The average molecular weight is 371 g/mol. The van der Waals surface area contributed by atoms with Crippen molar-refractivity contribution in [1.82, 2.24) is 10.2 Å². The maximum Gasteiger partial charge on any atom is 0.256 e. The molecule has 1 aromatic rings. The van der Waals surface area contributed by atoms with Crippen molar-refractivity contribution in [3.8, 4) is 0 Å². The van der Waals surface area contributed by atoms with Crippen molar-refractivity contribution in [1.29, 1.82) is 0 Å². The lowest BCUT2D eigenvalue weighted by molar-refractivity contribution is -0.125. The summed E-state index contributed by atoms with van der Waals surface area (Å²) in [5.41, 5.74) is 1.98.